The minimum absolute atomic E-state index is 0.0137. The second kappa shape index (κ2) is 6.83. The smallest absolute Gasteiger partial charge is 0.312 e. The van der Waals surface area contributed by atoms with E-state index in [1.807, 2.05) is 0 Å². The van der Waals surface area contributed by atoms with Crippen LogP contribution in [0.1, 0.15) is 18.2 Å². The van der Waals surface area contributed by atoms with Crippen LogP contribution in [0, 0.1) is 0 Å². The maximum absolute atomic E-state index is 13.0. The normalized spacial score (nSPS) is 13.9. The van der Waals surface area contributed by atoms with Crippen molar-refractivity contribution in [3.05, 3.63) is 35.8 Å². The Balaban J connectivity index is 2.24. The Morgan fingerprint density at radius 1 is 1.04 bits per heavy atom. The highest BCUT2D eigenvalue weighted by molar-refractivity contribution is 7.85. The van der Waals surface area contributed by atoms with Crippen molar-refractivity contribution in [3.63, 3.8) is 0 Å². The Bertz CT molecular complexity index is 1070. The van der Waals surface area contributed by atoms with E-state index in [2.05, 4.69) is 15.0 Å². The van der Waals surface area contributed by atoms with E-state index in [9.17, 15) is 30.6 Å². The van der Waals surface area contributed by atoms with Gasteiger partial charge < -0.3 is 4.57 Å². The topological polar surface area (TPSA) is 60.7 Å². The van der Waals surface area contributed by atoms with Gasteiger partial charge in [-0.25, -0.2) is 9.97 Å². The van der Waals surface area contributed by atoms with Gasteiger partial charge in [0.25, 0.3) is 0 Å². The predicted octanol–water partition coefficient (Wildman–Crippen LogP) is 4.20. The largest absolute Gasteiger partial charge is 0.433 e. The molecule has 12 heteroatoms. The molecule has 3 rings (SSSR count). The van der Waals surface area contributed by atoms with Crippen molar-refractivity contribution in [2.24, 2.45) is 7.05 Å². The predicted molar refractivity (Wildman–Crippen MR) is 88.7 cm³/mol. The monoisotopic (exact) mass is 422 g/mol. The fraction of sp³-hybridized carbons (Fsp3) is 0.312. The van der Waals surface area contributed by atoms with Crippen molar-refractivity contribution >= 4 is 22.0 Å². The van der Waals surface area contributed by atoms with Crippen LogP contribution in [0.15, 0.2) is 29.4 Å². The molecule has 150 valence electrons. The van der Waals surface area contributed by atoms with Gasteiger partial charge in [-0.1, -0.05) is 6.92 Å². The zero-order chi connectivity index (χ0) is 20.9. The summed E-state index contributed by atoms with van der Waals surface area (Å²) in [4.78, 5) is 11.0. The third-order valence-corrected chi connectivity index (χ3v) is 5.29. The number of hydrogen-bond donors (Lipinski definition) is 0. The molecule has 0 aliphatic rings. The molecular formula is C16H12F6N4OS. The highest BCUT2D eigenvalue weighted by Crippen LogP contribution is 2.35. The van der Waals surface area contributed by atoms with E-state index >= 15 is 0 Å². The summed E-state index contributed by atoms with van der Waals surface area (Å²) in [6, 6.07) is 1.46. The number of fused-ring (bicyclic) bond motifs is 1. The Kier molecular flexibility index (Phi) is 4.94. The Hall–Kier alpha value is -2.50. The number of aromatic nitrogens is 4. The molecule has 0 aliphatic carbocycles. The van der Waals surface area contributed by atoms with Gasteiger partial charge in [-0.05, 0) is 12.1 Å². The number of nitrogens with zero attached hydrogens (tertiary/aromatic N) is 4. The first-order valence-corrected chi connectivity index (χ1v) is 9.11. The van der Waals surface area contributed by atoms with Gasteiger partial charge in [-0.3, -0.25) is 9.19 Å². The molecule has 0 aliphatic heterocycles. The molecule has 0 N–H and O–H groups in total. The number of imidazole rings is 1. The lowest BCUT2D eigenvalue weighted by Crippen LogP contribution is -2.11. The summed E-state index contributed by atoms with van der Waals surface area (Å²) in [6.07, 6.45) is -7.84. The number of hydrogen-bond acceptors (Lipinski definition) is 4. The molecule has 0 spiro atoms. The van der Waals surface area contributed by atoms with Crippen LogP contribution in [-0.4, -0.2) is 29.5 Å². The summed E-state index contributed by atoms with van der Waals surface area (Å²) < 4.78 is 91.2. The van der Waals surface area contributed by atoms with E-state index in [0.29, 0.717) is 12.3 Å². The van der Waals surface area contributed by atoms with E-state index in [-0.39, 0.29) is 33.2 Å². The molecule has 3 aromatic rings. The van der Waals surface area contributed by atoms with E-state index in [1.54, 1.807) is 0 Å². The number of pyridine rings is 2. The molecule has 0 aromatic carbocycles. The van der Waals surface area contributed by atoms with E-state index < -0.39 is 34.4 Å². The summed E-state index contributed by atoms with van der Waals surface area (Å²) in [5.41, 5.74) is -2.20. The van der Waals surface area contributed by atoms with Gasteiger partial charge in [0.15, 0.2) is 5.65 Å². The molecule has 0 fully saturated rings. The van der Waals surface area contributed by atoms with E-state index in [1.165, 1.54) is 18.5 Å². The third-order valence-electron chi connectivity index (χ3n) is 3.94. The van der Waals surface area contributed by atoms with Crippen molar-refractivity contribution in [3.8, 4) is 11.4 Å². The molecule has 5 nitrogen and oxygen atoms in total. The average Bonchev–Trinajstić information content (AvgIpc) is 2.95. The molecule has 1 unspecified atom stereocenters. The summed E-state index contributed by atoms with van der Waals surface area (Å²) in [7, 11) is -0.344. The van der Waals surface area contributed by atoms with Crippen LogP contribution < -0.4 is 0 Å². The summed E-state index contributed by atoms with van der Waals surface area (Å²) in [5.74, 6) is 0.0502. The summed E-state index contributed by atoms with van der Waals surface area (Å²) in [5, 5.41) is 0. The molecule has 3 heterocycles. The van der Waals surface area contributed by atoms with Gasteiger partial charge in [0, 0.05) is 25.2 Å². The molecule has 0 bridgehead atoms. The summed E-state index contributed by atoms with van der Waals surface area (Å²) in [6.45, 7) is 1.53. The zero-order valence-corrected chi connectivity index (χ0v) is 15.2. The number of alkyl halides is 6. The molecule has 0 amide bonds. The van der Waals surface area contributed by atoms with Crippen LogP contribution in [0.3, 0.4) is 0 Å². The van der Waals surface area contributed by atoms with Crippen LogP contribution in [0.25, 0.3) is 22.6 Å². The number of halogens is 6. The summed E-state index contributed by atoms with van der Waals surface area (Å²) >= 11 is 0. The second-order valence-corrected chi connectivity index (χ2v) is 7.46. The first-order valence-electron chi connectivity index (χ1n) is 7.79. The lowest BCUT2D eigenvalue weighted by atomic mass is 10.2. The van der Waals surface area contributed by atoms with Gasteiger partial charge >= 0.3 is 12.4 Å². The fourth-order valence-electron chi connectivity index (χ4n) is 2.58. The highest BCUT2D eigenvalue weighted by Gasteiger charge is 2.34. The van der Waals surface area contributed by atoms with Gasteiger partial charge in [-0.2, -0.15) is 26.3 Å². The van der Waals surface area contributed by atoms with Crippen LogP contribution in [0.2, 0.25) is 0 Å². The van der Waals surface area contributed by atoms with Gasteiger partial charge in [0.1, 0.15) is 17.0 Å². The standard InChI is InChI=1S/C16H12F6N4OS/c1-3-28(27)11-5-12(16(20,21)22)23-7-9(11)13-25-10-4-8(15(17,18)19)6-24-14(10)26(13)2/h4-7H,3H2,1-2H3. The molecule has 0 radical (unpaired) electrons. The average molecular weight is 422 g/mol. The second-order valence-electron chi connectivity index (χ2n) is 5.76. The SMILES string of the molecule is CCS(=O)c1cc(C(F)(F)F)ncc1-c1nc2cc(C(F)(F)F)cnc2n1C. The van der Waals surface area contributed by atoms with Crippen molar-refractivity contribution in [1.82, 2.24) is 19.5 Å². The minimum Gasteiger partial charge on any atom is -0.312 e. The molecule has 28 heavy (non-hydrogen) atoms. The minimum atomic E-state index is -4.74. The molecule has 3 aromatic heterocycles. The van der Waals surface area contributed by atoms with Crippen LogP contribution in [0.4, 0.5) is 26.3 Å². The van der Waals surface area contributed by atoms with Gasteiger partial charge in [-0.15, -0.1) is 0 Å². The quantitative estimate of drug-likeness (QED) is 0.594. The Morgan fingerprint density at radius 2 is 1.71 bits per heavy atom. The zero-order valence-electron chi connectivity index (χ0n) is 14.4. The van der Waals surface area contributed by atoms with Crippen molar-refractivity contribution in [1.29, 1.82) is 0 Å². The Labute approximate surface area is 156 Å². The molecule has 1 atom stereocenters. The number of rotatable bonds is 3. The molecular weight excluding hydrogens is 410 g/mol. The maximum Gasteiger partial charge on any atom is 0.433 e. The van der Waals surface area contributed by atoms with Crippen LogP contribution in [-0.2, 0) is 30.2 Å². The third kappa shape index (κ3) is 3.60. The van der Waals surface area contributed by atoms with E-state index in [4.69, 9.17) is 0 Å². The van der Waals surface area contributed by atoms with Crippen LogP contribution in [0.5, 0.6) is 0 Å². The highest BCUT2D eigenvalue weighted by atomic mass is 32.2. The van der Waals surface area contributed by atoms with Gasteiger partial charge in [0.2, 0.25) is 0 Å². The van der Waals surface area contributed by atoms with Crippen molar-refractivity contribution < 1.29 is 30.6 Å². The van der Waals surface area contributed by atoms with E-state index in [0.717, 1.165) is 12.3 Å². The lowest BCUT2D eigenvalue weighted by Gasteiger charge is -2.12. The van der Waals surface area contributed by atoms with Gasteiger partial charge in [0.05, 0.1) is 26.8 Å². The fourth-order valence-corrected chi connectivity index (χ4v) is 3.52. The first-order chi connectivity index (χ1) is 12.9. The van der Waals surface area contributed by atoms with Crippen molar-refractivity contribution in [2.75, 3.05) is 5.75 Å². The Morgan fingerprint density at radius 3 is 2.29 bits per heavy atom. The van der Waals surface area contributed by atoms with Crippen LogP contribution >= 0.6 is 0 Å². The lowest BCUT2D eigenvalue weighted by molar-refractivity contribution is -0.141. The maximum atomic E-state index is 13.0. The number of aryl methyl sites for hydroxylation is 1. The van der Waals surface area contributed by atoms with Crippen molar-refractivity contribution in [2.45, 2.75) is 24.2 Å². The molecule has 0 saturated carbocycles. The first kappa shape index (κ1) is 20.2. The molecule has 0 saturated heterocycles.